The summed E-state index contributed by atoms with van der Waals surface area (Å²) in [6.07, 6.45) is 1.01. The molecule has 0 bridgehead atoms. The number of nitrogens with zero attached hydrogens (tertiary/aromatic N) is 3. The van der Waals surface area contributed by atoms with Gasteiger partial charge in [-0.15, -0.1) is 0 Å². The van der Waals surface area contributed by atoms with E-state index in [9.17, 15) is 0 Å². The zero-order valence-electron chi connectivity index (χ0n) is 17.3. The normalized spacial score (nSPS) is 13.6. The summed E-state index contributed by atoms with van der Waals surface area (Å²) in [5, 5.41) is 1.93. The number of nitrogen functional groups attached to an aromatic ring is 1. The Labute approximate surface area is 181 Å². The molecule has 4 nitrogen and oxygen atoms in total. The van der Waals surface area contributed by atoms with Crippen LogP contribution in [0.5, 0.6) is 0 Å². The summed E-state index contributed by atoms with van der Waals surface area (Å²) >= 11 is 6.25. The summed E-state index contributed by atoms with van der Waals surface area (Å²) in [5.74, 6) is 1.54. The highest BCUT2D eigenvalue weighted by Crippen LogP contribution is 2.36. The fourth-order valence-corrected chi connectivity index (χ4v) is 4.79. The Morgan fingerprint density at radius 3 is 2.63 bits per heavy atom. The van der Waals surface area contributed by atoms with Gasteiger partial charge in [0, 0.05) is 35.7 Å². The van der Waals surface area contributed by atoms with Crippen molar-refractivity contribution in [3.05, 3.63) is 87.6 Å². The first-order chi connectivity index (χ1) is 14.5. The highest BCUT2D eigenvalue weighted by atomic mass is 35.5. The molecule has 2 N–H and O–H groups in total. The van der Waals surface area contributed by atoms with Crippen molar-refractivity contribution in [2.45, 2.75) is 33.4 Å². The number of hydrogen-bond donors (Lipinski definition) is 1. The molecule has 0 aliphatic carbocycles. The van der Waals surface area contributed by atoms with Crippen molar-refractivity contribution >= 4 is 34.1 Å². The van der Waals surface area contributed by atoms with E-state index < -0.39 is 0 Å². The average molecular weight is 417 g/mol. The van der Waals surface area contributed by atoms with Crippen LogP contribution in [0.1, 0.15) is 27.9 Å². The average Bonchev–Trinajstić information content (AvgIpc) is 2.98. The maximum Gasteiger partial charge on any atom is 0.155 e. The van der Waals surface area contributed by atoms with Crippen LogP contribution in [-0.2, 0) is 19.5 Å². The largest absolute Gasteiger partial charge is 0.384 e. The zero-order valence-corrected chi connectivity index (χ0v) is 18.1. The number of halogens is 1. The number of benzene rings is 2. The lowest BCUT2D eigenvalue weighted by atomic mass is 10.00. The van der Waals surface area contributed by atoms with E-state index in [1.165, 1.54) is 33.3 Å². The van der Waals surface area contributed by atoms with Gasteiger partial charge in [0.15, 0.2) is 5.82 Å². The van der Waals surface area contributed by atoms with Gasteiger partial charge in [0.25, 0.3) is 0 Å². The number of hydrogen-bond acceptors (Lipinski definition) is 3. The molecule has 0 spiro atoms. The summed E-state index contributed by atoms with van der Waals surface area (Å²) in [6.45, 7) is 6.87. The van der Waals surface area contributed by atoms with Crippen LogP contribution in [-0.4, -0.2) is 16.1 Å². The smallest absolute Gasteiger partial charge is 0.155 e. The number of aromatic nitrogens is 2. The van der Waals surface area contributed by atoms with Gasteiger partial charge in [-0.3, -0.25) is 0 Å². The van der Waals surface area contributed by atoms with Crippen molar-refractivity contribution in [1.29, 1.82) is 0 Å². The van der Waals surface area contributed by atoms with E-state index in [0.29, 0.717) is 5.82 Å². The minimum Gasteiger partial charge on any atom is -0.384 e. The van der Waals surface area contributed by atoms with Crippen LogP contribution in [0.3, 0.4) is 0 Å². The number of anilines is 2. The van der Waals surface area contributed by atoms with Gasteiger partial charge in [0.2, 0.25) is 0 Å². The van der Waals surface area contributed by atoms with Crippen molar-refractivity contribution in [2.24, 2.45) is 0 Å². The van der Waals surface area contributed by atoms with Crippen molar-refractivity contribution in [2.75, 3.05) is 17.2 Å². The monoisotopic (exact) mass is 416 g/mol. The van der Waals surface area contributed by atoms with Gasteiger partial charge >= 0.3 is 0 Å². The minimum atomic E-state index is 0.569. The summed E-state index contributed by atoms with van der Waals surface area (Å²) in [6, 6.07) is 18.7. The Morgan fingerprint density at radius 1 is 1.03 bits per heavy atom. The van der Waals surface area contributed by atoms with E-state index in [2.05, 4.69) is 53.6 Å². The molecule has 30 heavy (non-hydrogen) atoms. The minimum absolute atomic E-state index is 0.569. The SMILES string of the molecule is Cc1c(C)n(Cc2cccc(Cl)c2)c2c(N3CCc4ccccc4C3)nc(N)cc12. The molecule has 2 aromatic heterocycles. The van der Waals surface area contributed by atoms with Gasteiger partial charge in [-0.05, 0) is 60.7 Å². The zero-order chi connectivity index (χ0) is 20.8. The highest BCUT2D eigenvalue weighted by molar-refractivity contribution is 6.30. The number of aryl methyl sites for hydroxylation is 1. The Balaban J connectivity index is 1.66. The third-order valence-electron chi connectivity index (χ3n) is 6.28. The van der Waals surface area contributed by atoms with Crippen molar-refractivity contribution in [3.63, 3.8) is 0 Å². The third-order valence-corrected chi connectivity index (χ3v) is 6.51. The Hall–Kier alpha value is -2.98. The van der Waals surface area contributed by atoms with Gasteiger partial charge in [0.1, 0.15) is 5.82 Å². The van der Waals surface area contributed by atoms with E-state index in [4.69, 9.17) is 22.3 Å². The first kappa shape index (κ1) is 19.0. The van der Waals surface area contributed by atoms with Crippen LogP contribution in [0.25, 0.3) is 10.9 Å². The molecule has 0 radical (unpaired) electrons. The summed E-state index contributed by atoms with van der Waals surface area (Å²) in [5.41, 5.74) is 13.9. The molecule has 0 saturated carbocycles. The Kier molecular flexibility index (Phi) is 4.67. The van der Waals surface area contributed by atoms with Gasteiger partial charge in [0.05, 0.1) is 5.52 Å². The summed E-state index contributed by atoms with van der Waals surface area (Å²) in [7, 11) is 0. The topological polar surface area (TPSA) is 47.1 Å². The van der Waals surface area contributed by atoms with Gasteiger partial charge in [-0.25, -0.2) is 4.98 Å². The number of pyridine rings is 1. The number of nitrogens with two attached hydrogens (primary N) is 1. The molecule has 4 aromatic rings. The van der Waals surface area contributed by atoms with Crippen molar-refractivity contribution < 1.29 is 0 Å². The van der Waals surface area contributed by atoms with E-state index in [1.807, 2.05) is 24.3 Å². The molecule has 0 amide bonds. The molecule has 0 unspecified atom stereocenters. The lowest BCUT2D eigenvalue weighted by molar-refractivity contribution is 0.718. The molecule has 1 aliphatic rings. The Bertz CT molecular complexity index is 1260. The van der Waals surface area contributed by atoms with Gasteiger partial charge < -0.3 is 15.2 Å². The summed E-state index contributed by atoms with van der Waals surface area (Å²) in [4.78, 5) is 7.20. The highest BCUT2D eigenvalue weighted by Gasteiger charge is 2.23. The van der Waals surface area contributed by atoms with Crippen molar-refractivity contribution in [1.82, 2.24) is 9.55 Å². The van der Waals surface area contributed by atoms with E-state index in [-0.39, 0.29) is 0 Å². The predicted octanol–water partition coefficient (Wildman–Crippen LogP) is 5.50. The second-order valence-corrected chi connectivity index (χ2v) is 8.57. The fraction of sp³-hybridized carbons (Fsp3) is 0.240. The first-order valence-corrected chi connectivity index (χ1v) is 10.7. The molecule has 152 valence electrons. The third kappa shape index (κ3) is 3.21. The number of fused-ring (bicyclic) bond motifs is 2. The van der Waals surface area contributed by atoms with Crippen LogP contribution in [0.4, 0.5) is 11.6 Å². The Morgan fingerprint density at radius 2 is 1.83 bits per heavy atom. The lowest BCUT2D eigenvalue weighted by Gasteiger charge is -2.31. The molecule has 0 fully saturated rings. The first-order valence-electron chi connectivity index (χ1n) is 10.3. The molecule has 0 saturated heterocycles. The molecule has 2 aromatic carbocycles. The van der Waals surface area contributed by atoms with Crippen LogP contribution < -0.4 is 10.6 Å². The van der Waals surface area contributed by atoms with E-state index in [0.717, 1.165) is 42.4 Å². The molecular formula is C25H25ClN4. The van der Waals surface area contributed by atoms with E-state index in [1.54, 1.807) is 0 Å². The van der Waals surface area contributed by atoms with Gasteiger partial charge in [-0.1, -0.05) is 48.0 Å². The summed E-state index contributed by atoms with van der Waals surface area (Å²) < 4.78 is 2.36. The predicted molar refractivity (Wildman–Crippen MR) is 125 cm³/mol. The van der Waals surface area contributed by atoms with Gasteiger partial charge in [-0.2, -0.15) is 0 Å². The maximum atomic E-state index is 6.26. The van der Waals surface area contributed by atoms with Crippen LogP contribution in [0.15, 0.2) is 54.6 Å². The van der Waals surface area contributed by atoms with E-state index >= 15 is 0 Å². The van der Waals surface area contributed by atoms with Crippen LogP contribution >= 0.6 is 11.6 Å². The second kappa shape index (κ2) is 7.37. The fourth-order valence-electron chi connectivity index (χ4n) is 4.57. The van der Waals surface area contributed by atoms with Crippen LogP contribution in [0, 0.1) is 13.8 Å². The molecular weight excluding hydrogens is 392 g/mol. The molecule has 1 aliphatic heterocycles. The second-order valence-electron chi connectivity index (χ2n) is 8.13. The quantitative estimate of drug-likeness (QED) is 0.479. The maximum absolute atomic E-state index is 6.26. The molecule has 3 heterocycles. The molecule has 5 heteroatoms. The lowest BCUT2D eigenvalue weighted by Crippen LogP contribution is -2.31. The number of rotatable bonds is 3. The van der Waals surface area contributed by atoms with Crippen molar-refractivity contribution in [3.8, 4) is 0 Å². The molecule has 0 atom stereocenters. The standard InChI is InChI=1S/C25H25ClN4/c1-16-17(2)30(14-18-6-5-9-21(26)12-18)24-22(16)13-23(27)28-25(24)29-11-10-19-7-3-4-8-20(19)15-29/h3-9,12-13H,10-11,14-15H2,1-2H3,(H2,27,28). The molecule has 5 rings (SSSR count). The van der Waals surface area contributed by atoms with Crippen LogP contribution in [0.2, 0.25) is 5.02 Å².